The maximum atomic E-state index is 5.10. The van der Waals surface area contributed by atoms with Gasteiger partial charge in [0, 0.05) is 11.1 Å². The number of aromatic nitrogens is 1. The molecule has 1 heterocycles. The molecule has 1 heteroatoms. The Morgan fingerprint density at radius 2 is 0.816 bits per heavy atom. The van der Waals surface area contributed by atoms with Crippen LogP contribution in [0.3, 0.4) is 0 Å². The first-order chi connectivity index (χ1) is 18.6. The second-order valence-corrected chi connectivity index (χ2v) is 9.83. The van der Waals surface area contributed by atoms with E-state index in [-0.39, 0.29) is 0 Å². The zero-order chi connectivity index (χ0) is 25.9. The summed E-state index contributed by atoms with van der Waals surface area (Å²) in [5, 5.41) is 0. The molecule has 1 aromatic heterocycles. The number of rotatable bonds is 5. The lowest BCUT2D eigenvalue weighted by Crippen LogP contribution is -1.92. The Morgan fingerprint density at radius 3 is 1.42 bits per heavy atom. The highest BCUT2D eigenvalue weighted by Gasteiger charge is 2.10. The molecule has 0 aliphatic heterocycles. The molecule has 0 atom stereocenters. The molecular weight excluding hydrogens is 458 g/mol. The van der Waals surface area contributed by atoms with Gasteiger partial charge < -0.3 is 0 Å². The lowest BCUT2D eigenvalue weighted by molar-refractivity contribution is 1.32. The molecular formula is C37H29N. The van der Waals surface area contributed by atoms with Crippen LogP contribution >= 0.6 is 0 Å². The molecule has 6 aromatic rings. The van der Waals surface area contributed by atoms with E-state index < -0.39 is 0 Å². The van der Waals surface area contributed by atoms with Crippen LogP contribution in [0.15, 0.2) is 140 Å². The molecule has 0 radical (unpaired) electrons. The first-order valence-electron chi connectivity index (χ1n) is 13.1. The third-order valence-electron chi connectivity index (χ3n) is 7.10. The summed E-state index contributed by atoms with van der Waals surface area (Å²) >= 11 is 0. The van der Waals surface area contributed by atoms with Gasteiger partial charge >= 0.3 is 0 Å². The van der Waals surface area contributed by atoms with Crippen molar-refractivity contribution >= 4 is 0 Å². The van der Waals surface area contributed by atoms with Crippen molar-refractivity contribution in [3.63, 3.8) is 0 Å². The van der Waals surface area contributed by atoms with Gasteiger partial charge in [-0.25, -0.2) is 4.98 Å². The SMILES string of the molecule is Cc1ccc(C)c(-c2ccc(-c3cc(-c4ccc(-c5ccccc5)cc4)cc(-c4ccccc4)n3)cc2)c1. The maximum absolute atomic E-state index is 5.10. The summed E-state index contributed by atoms with van der Waals surface area (Å²) < 4.78 is 0. The average Bonchev–Trinajstić information content (AvgIpc) is 2.99. The largest absolute Gasteiger partial charge is 0.248 e. The Bertz CT molecular complexity index is 1680. The summed E-state index contributed by atoms with van der Waals surface area (Å²) in [4.78, 5) is 5.10. The van der Waals surface area contributed by atoms with E-state index in [0.717, 1.165) is 28.1 Å². The molecule has 6 rings (SSSR count). The molecule has 0 spiro atoms. The van der Waals surface area contributed by atoms with Gasteiger partial charge in [-0.15, -0.1) is 0 Å². The first kappa shape index (κ1) is 23.6. The fourth-order valence-electron chi connectivity index (χ4n) is 4.96. The standard InChI is InChI=1S/C37H29N/c1-26-13-14-27(2)35(23-26)31-19-21-33(22-20-31)37-25-34(24-36(38-37)32-11-7-4-8-12-32)30-17-15-29(16-18-30)28-9-5-3-6-10-28/h3-25H,1-2H3. The predicted molar refractivity (Wildman–Crippen MR) is 161 cm³/mol. The van der Waals surface area contributed by atoms with Crippen LogP contribution in [0.25, 0.3) is 55.9 Å². The van der Waals surface area contributed by atoms with Crippen molar-refractivity contribution in [2.75, 3.05) is 0 Å². The minimum atomic E-state index is 0.973. The summed E-state index contributed by atoms with van der Waals surface area (Å²) in [6.45, 7) is 4.31. The topological polar surface area (TPSA) is 12.9 Å². The molecule has 0 aliphatic rings. The third-order valence-corrected chi connectivity index (χ3v) is 7.10. The van der Waals surface area contributed by atoms with Crippen molar-refractivity contribution in [2.45, 2.75) is 13.8 Å². The molecule has 38 heavy (non-hydrogen) atoms. The lowest BCUT2D eigenvalue weighted by Gasteiger charge is -2.12. The molecule has 0 bridgehead atoms. The normalized spacial score (nSPS) is 10.9. The first-order valence-corrected chi connectivity index (χ1v) is 13.1. The molecule has 1 nitrogen and oxygen atoms in total. The van der Waals surface area contributed by atoms with Crippen molar-refractivity contribution in [3.8, 4) is 55.9 Å². The molecule has 0 aliphatic carbocycles. The Labute approximate surface area is 225 Å². The Kier molecular flexibility index (Phi) is 6.42. The Balaban J connectivity index is 1.41. The molecule has 0 N–H and O–H groups in total. The molecule has 0 fully saturated rings. The van der Waals surface area contributed by atoms with Crippen molar-refractivity contribution in [1.29, 1.82) is 0 Å². The van der Waals surface area contributed by atoms with Gasteiger partial charge in [-0.2, -0.15) is 0 Å². The van der Waals surface area contributed by atoms with E-state index in [0.29, 0.717) is 0 Å². The van der Waals surface area contributed by atoms with Gasteiger partial charge in [-0.05, 0) is 64.9 Å². The highest BCUT2D eigenvalue weighted by Crippen LogP contribution is 2.33. The predicted octanol–water partition coefficient (Wildman–Crippen LogP) is 10.0. The van der Waals surface area contributed by atoms with Gasteiger partial charge in [-0.1, -0.05) is 133 Å². The van der Waals surface area contributed by atoms with E-state index in [1.54, 1.807) is 0 Å². The summed E-state index contributed by atoms with van der Waals surface area (Å²) in [7, 11) is 0. The fraction of sp³-hybridized carbons (Fsp3) is 0.0541. The summed E-state index contributed by atoms with van der Waals surface area (Å²) in [6.07, 6.45) is 0. The summed E-state index contributed by atoms with van der Waals surface area (Å²) in [6, 6.07) is 49.6. The number of nitrogens with zero attached hydrogens (tertiary/aromatic N) is 1. The van der Waals surface area contributed by atoms with Crippen molar-refractivity contribution in [3.05, 3.63) is 151 Å². The van der Waals surface area contributed by atoms with Crippen LogP contribution < -0.4 is 0 Å². The van der Waals surface area contributed by atoms with E-state index in [2.05, 4.69) is 147 Å². The van der Waals surface area contributed by atoms with Crippen LogP contribution in [0, 0.1) is 13.8 Å². The van der Waals surface area contributed by atoms with Crippen LogP contribution in [0.5, 0.6) is 0 Å². The van der Waals surface area contributed by atoms with E-state index in [1.807, 2.05) is 6.07 Å². The molecule has 0 unspecified atom stereocenters. The van der Waals surface area contributed by atoms with Gasteiger partial charge in [-0.3, -0.25) is 0 Å². The van der Waals surface area contributed by atoms with E-state index in [4.69, 9.17) is 4.98 Å². The number of hydrogen-bond acceptors (Lipinski definition) is 1. The number of benzene rings is 5. The molecule has 182 valence electrons. The van der Waals surface area contributed by atoms with Crippen LogP contribution in [0.1, 0.15) is 11.1 Å². The third kappa shape index (κ3) is 4.92. The number of aryl methyl sites for hydroxylation is 2. The minimum Gasteiger partial charge on any atom is -0.248 e. The quantitative estimate of drug-likeness (QED) is 0.236. The molecule has 0 saturated carbocycles. The molecule has 0 saturated heterocycles. The van der Waals surface area contributed by atoms with Crippen LogP contribution in [-0.2, 0) is 0 Å². The lowest BCUT2D eigenvalue weighted by atomic mass is 9.95. The van der Waals surface area contributed by atoms with Gasteiger partial charge in [0.25, 0.3) is 0 Å². The summed E-state index contributed by atoms with van der Waals surface area (Å²) in [5.41, 5.74) is 14.0. The highest BCUT2D eigenvalue weighted by atomic mass is 14.7. The van der Waals surface area contributed by atoms with Crippen molar-refractivity contribution < 1.29 is 0 Å². The Morgan fingerprint density at radius 1 is 0.368 bits per heavy atom. The average molecular weight is 488 g/mol. The summed E-state index contributed by atoms with van der Waals surface area (Å²) in [5.74, 6) is 0. The van der Waals surface area contributed by atoms with Gasteiger partial charge in [0.15, 0.2) is 0 Å². The van der Waals surface area contributed by atoms with Gasteiger partial charge in [0.1, 0.15) is 0 Å². The van der Waals surface area contributed by atoms with Crippen LogP contribution in [-0.4, -0.2) is 4.98 Å². The smallest absolute Gasteiger partial charge is 0.0715 e. The molecule has 5 aromatic carbocycles. The van der Waals surface area contributed by atoms with Gasteiger partial charge in [0.05, 0.1) is 11.4 Å². The zero-order valence-electron chi connectivity index (χ0n) is 21.7. The van der Waals surface area contributed by atoms with E-state index in [1.165, 1.54) is 38.9 Å². The number of pyridine rings is 1. The minimum absolute atomic E-state index is 0.973. The van der Waals surface area contributed by atoms with Gasteiger partial charge in [0.2, 0.25) is 0 Å². The van der Waals surface area contributed by atoms with Crippen molar-refractivity contribution in [1.82, 2.24) is 4.98 Å². The van der Waals surface area contributed by atoms with Crippen molar-refractivity contribution in [2.24, 2.45) is 0 Å². The maximum Gasteiger partial charge on any atom is 0.0715 e. The highest BCUT2D eigenvalue weighted by molar-refractivity contribution is 5.79. The Hall–Kier alpha value is -4.75. The zero-order valence-corrected chi connectivity index (χ0v) is 21.7. The van der Waals surface area contributed by atoms with Crippen LogP contribution in [0.2, 0.25) is 0 Å². The fourth-order valence-corrected chi connectivity index (χ4v) is 4.96. The van der Waals surface area contributed by atoms with E-state index >= 15 is 0 Å². The monoisotopic (exact) mass is 487 g/mol. The second kappa shape index (κ2) is 10.3. The van der Waals surface area contributed by atoms with E-state index in [9.17, 15) is 0 Å². The second-order valence-electron chi connectivity index (χ2n) is 9.83. The number of hydrogen-bond donors (Lipinski definition) is 0. The molecule has 0 amide bonds. The van der Waals surface area contributed by atoms with Crippen LogP contribution in [0.4, 0.5) is 0 Å².